The largest absolute Gasteiger partial charge is 0.313 e. The van der Waals surface area contributed by atoms with Crippen LogP contribution in [0.4, 0.5) is 5.69 Å². The first-order chi connectivity index (χ1) is 11.3. The predicted molar refractivity (Wildman–Crippen MR) is 100 cm³/mol. The molecule has 24 heavy (non-hydrogen) atoms. The summed E-state index contributed by atoms with van der Waals surface area (Å²) in [6.07, 6.45) is 1.05. The maximum Gasteiger partial charge on any atom is 0.248 e. The number of hydrogen-bond acceptors (Lipinski definition) is 4. The zero-order chi connectivity index (χ0) is 17.5. The second-order valence-electron chi connectivity index (χ2n) is 5.78. The van der Waals surface area contributed by atoms with Crippen LogP contribution in [-0.4, -0.2) is 42.3 Å². The number of thioether (sulfide) groups is 1. The molecule has 0 aromatic heterocycles. The number of nitrogens with zero attached hydrogens (tertiary/aromatic N) is 2. The Kier molecular flexibility index (Phi) is 5.16. The number of aliphatic imine (C=N–C) groups is 1. The van der Waals surface area contributed by atoms with Crippen LogP contribution in [0.15, 0.2) is 23.2 Å². The lowest BCUT2D eigenvalue weighted by atomic mass is 10.2. The van der Waals surface area contributed by atoms with Gasteiger partial charge in [0.05, 0.1) is 33.3 Å². The Labute approximate surface area is 155 Å². The number of fused-ring (bicyclic) bond motifs is 1. The van der Waals surface area contributed by atoms with Crippen LogP contribution in [-0.2, 0) is 14.6 Å². The minimum absolute atomic E-state index is 0.00715. The number of benzene rings is 1. The summed E-state index contributed by atoms with van der Waals surface area (Å²) in [4.78, 5) is 17.9. The highest BCUT2D eigenvalue weighted by Gasteiger charge is 2.50. The summed E-state index contributed by atoms with van der Waals surface area (Å²) in [6.45, 7) is 1.91. The van der Waals surface area contributed by atoms with E-state index in [9.17, 15) is 13.2 Å². The van der Waals surface area contributed by atoms with Crippen LogP contribution >= 0.6 is 35.0 Å². The number of halogens is 2. The van der Waals surface area contributed by atoms with Crippen molar-refractivity contribution in [2.24, 2.45) is 4.99 Å². The van der Waals surface area contributed by atoms with Crippen LogP contribution in [0.3, 0.4) is 0 Å². The van der Waals surface area contributed by atoms with Crippen molar-refractivity contribution in [3.05, 3.63) is 28.2 Å². The molecule has 2 fully saturated rings. The number of rotatable bonds is 3. The molecule has 0 unspecified atom stereocenters. The average Bonchev–Trinajstić information content (AvgIpc) is 2.92. The molecule has 1 aromatic rings. The molecule has 0 saturated carbocycles. The second-order valence-corrected chi connectivity index (χ2v) is 9.95. The average molecular weight is 407 g/mol. The van der Waals surface area contributed by atoms with E-state index in [0.717, 1.165) is 0 Å². The molecule has 2 saturated heterocycles. The van der Waals surface area contributed by atoms with Gasteiger partial charge in [-0.25, -0.2) is 8.42 Å². The highest BCUT2D eigenvalue weighted by atomic mass is 35.5. The summed E-state index contributed by atoms with van der Waals surface area (Å²) in [6, 6.07) is 4.79. The third kappa shape index (κ3) is 3.45. The topological polar surface area (TPSA) is 66.8 Å². The molecule has 2 aliphatic rings. The normalized spacial score (nSPS) is 26.8. The van der Waals surface area contributed by atoms with Gasteiger partial charge in [-0.2, -0.15) is 4.99 Å². The quantitative estimate of drug-likeness (QED) is 0.769. The summed E-state index contributed by atoms with van der Waals surface area (Å²) in [5, 5.41) is 1.12. The smallest absolute Gasteiger partial charge is 0.248 e. The van der Waals surface area contributed by atoms with Gasteiger partial charge in [0, 0.05) is 11.7 Å². The first-order valence-electron chi connectivity index (χ1n) is 7.54. The van der Waals surface area contributed by atoms with Crippen LogP contribution < -0.4 is 4.90 Å². The fourth-order valence-electron chi connectivity index (χ4n) is 2.92. The summed E-state index contributed by atoms with van der Waals surface area (Å²) in [5.41, 5.74) is 0.515. The lowest BCUT2D eigenvalue weighted by Gasteiger charge is -2.26. The molecular weight excluding hydrogens is 391 g/mol. The van der Waals surface area contributed by atoms with Gasteiger partial charge in [-0.15, -0.1) is 0 Å². The fourth-order valence-corrected chi connectivity index (χ4v) is 7.42. The molecule has 1 aromatic carbocycles. The Morgan fingerprint density at radius 2 is 2.00 bits per heavy atom. The number of anilines is 1. The third-order valence-electron chi connectivity index (χ3n) is 3.93. The summed E-state index contributed by atoms with van der Waals surface area (Å²) in [5.74, 6) is -0.147. The van der Waals surface area contributed by atoms with E-state index in [1.807, 2.05) is 6.92 Å². The van der Waals surface area contributed by atoms with Crippen molar-refractivity contribution in [3.8, 4) is 0 Å². The number of carbonyl (C=O) groups is 1. The molecule has 0 bridgehead atoms. The number of amidine groups is 1. The number of sulfone groups is 1. The molecule has 0 N–H and O–H groups in total. The number of hydrogen-bond donors (Lipinski definition) is 0. The van der Waals surface area contributed by atoms with Crippen LogP contribution in [0.2, 0.25) is 10.0 Å². The Balaban J connectivity index is 2.07. The minimum Gasteiger partial charge on any atom is -0.313 e. The maximum absolute atomic E-state index is 12.0. The zero-order valence-corrected chi connectivity index (χ0v) is 16.1. The van der Waals surface area contributed by atoms with Crippen molar-refractivity contribution in [3.63, 3.8) is 0 Å². The highest BCUT2D eigenvalue weighted by molar-refractivity contribution is 8.16. The molecule has 9 heteroatoms. The SMILES string of the molecule is CCCC(=O)N=C1S[C@@H]2CS(=O)(=O)C[C@H]2N1c1c(Cl)cccc1Cl. The molecule has 2 atom stereocenters. The van der Waals surface area contributed by atoms with Gasteiger partial charge in [0.15, 0.2) is 15.0 Å². The molecular formula is C15H16Cl2N2O3S2. The van der Waals surface area contributed by atoms with E-state index in [0.29, 0.717) is 33.7 Å². The highest BCUT2D eigenvalue weighted by Crippen LogP contribution is 2.45. The van der Waals surface area contributed by atoms with Crippen LogP contribution in [0.25, 0.3) is 0 Å². The standard InChI is InChI=1S/C15H16Cl2N2O3S2/c1-2-4-13(20)18-15-19(14-9(16)5-3-6-10(14)17)11-7-24(21,22)8-12(11)23-15/h3,5-6,11-12H,2,4,7-8H2,1H3/t11-,12-/m1/s1. The van der Waals surface area contributed by atoms with E-state index < -0.39 is 9.84 Å². The molecule has 0 radical (unpaired) electrons. The van der Waals surface area contributed by atoms with E-state index >= 15 is 0 Å². The van der Waals surface area contributed by atoms with Crippen LogP contribution in [0.5, 0.6) is 0 Å². The van der Waals surface area contributed by atoms with E-state index in [1.165, 1.54) is 11.8 Å². The molecule has 1 amide bonds. The monoisotopic (exact) mass is 406 g/mol. The van der Waals surface area contributed by atoms with Gasteiger partial charge in [0.25, 0.3) is 0 Å². The zero-order valence-electron chi connectivity index (χ0n) is 12.9. The van der Waals surface area contributed by atoms with Gasteiger partial charge in [-0.05, 0) is 18.6 Å². The van der Waals surface area contributed by atoms with Crippen molar-refractivity contribution in [1.82, 2.24) is 0 Å². The van der Waals surface area contributed by atoms with E-state index in [4.69, 9.17) is 23.2 Å². The van der Waals surface area contributed by atoms with E-state index in [2.05, 4.69) is 4.99 Å². The van der Waals surface area contributed by atoms with E-state index in [-0.39, 0.29) is 28.7 Å². The number of para-hydroxylation sites is 1. The number of amides is 1. The molecule has 0 spiro atoms. The summed E-state index contributed by atoms with van der Waals surface area (Å²) >= 11 is 13.9. The second kappa shape index (κ2) is 6.86. The van der Waals surface area contributed by atoms with Crippen molar-refractivity contribution in [1.29, 1.82) is 0 Å². The van der Waals surface area contributed by atoms with Gasteiger partial charge >= 0.3 is 0 Å². The first kappa shape index (κ1) is 18.0. The maximum atomic E-state index is 12.0. The minimum atomic E-state index is -3.12. The van der Waals surface area contributed by atoms with Crippen molar-refractivity contribution in [2.45, 2.75) is 31.1 Å². The Hall–Kier alpha value is -0.760. The van der Waals surface area contributed by atoms with Gasteiger partial charge in [-0.3, -0.25) is 4.79 Å². The van der Waals surface area contributed by atoms with Crippen LogP contribution in [0.1, 0.15) is 19.8 Å². The Bertz CT molecular complexity index is 791. The lowest BCUT2D eigenvalue weighted by Crippen LogP contribution is -2.38. The Morgan fingerprint density at radius 1 is 1.33 bits per heavy atom. The molecule has 0 aliphatic carbocycles. The van der Waals surface area contributed by atoms with Gasteiger partial charge in [0.2, 0.25) is 5.91 Å². The van der Waals surface area contributed by atoms with Gasteiger partial charge in [-0.1, -0.05) is 48.0 Å². The van der Waals surface area contributed by atoms with E-state index in [1.54, 1.807) is 23.1 Å². The first-order valence-corrected chi connectivity index (χ1v) is 11.0. The molecule has 5 nitrogen and oxygen atoms in total. The summed E-state index contributed by atoms with van der Waals surface area (Å²) < 4.78 is 24.0. The fraction of sp³-hybridized carbons (Fsp3) is 0.467. The van der Waals surface area contributed by atoms with Crippen LogP contribution in [0, 0.1) is 0 Å². The third-order valence-corrected chi connectivity index (χ3v) is 7.75. The van der Waals surface area contributed by atoms with Crippen molar-refractivity contribution >= 4 is 61.6 Å². The van der Waals surface area contributed by atoms with Gasteiger partial charge in [0.1, 0.15) is 0 Å². The summed E-state index contributed by atoms with van der Waals surface area (Å²) in [7, 11) is -3.12. The molecule has 3 rings (SSSR count). The van der Waals surface area contributed by atoms with Crippen molar-refractivity contribution in [2.75, 3.05) is 16.4 Å². The van der Waals surface area contributed by atoms with Gasteiger partial charge < -0.3 is 4.90 Å². The Morgan fingerprint density at radius 3 is 2.62 bits per heavy atom. The number of carbonyl (C=O) groups excluding carboxylic acids is 1. The molecule has 2 aliphatic heterocycles. The predicted octanol–water partition coefficient (Wildman–Crippen LogP) is 3.39. The molecule has 2 heterocycles. The van der Waals surface area contributed by atoms with Crippen molar-refractivity contribution < 1.29 is 13.2 Å². The molecule has 130 valence electrons. The lowest BCUT2D eigenvalue weighted by molar-refractivity contribution is -0.117.